The topological polar surface area (TPSA) is 23.8 Å². The molecule has 22 heavy (non-hydrogen) atoms. The first-order valence-electron chi connectivity index (χ1n) is 6.65. The van der Waals surface area contributed by atoms with Gasteiger partial charge in [0.05, 0.1) is 13.2 Å². The van der Waals surface area contributed by atoms with E-state index in [0.29, 0.717) is 5.69 Å². The second kappa shape index (κ2) is 8.74. The van der Waals surface area contributed by atoms with Gasteiger partial charge in [-0.15, -0.1) is 0 Å². The summed E-state index contributed by atoms with van der Waals surface area (Å²) in [6.07, 6.45) is 0. The Balaban J connectivity index is 0.00000121. The van der Waals surface area contributed by atoms with Crippen molar-refractivity contribution in [3.63, 3.8) is 0 Å². The molecule has 3 aromatic carbocycles. The third kappa shape index (κ3) is 3.98. The molecule has 0 bridgehead atoms. The minimum atomic E-state index is -1.09. The second-order valence-electron chi connectivity index (χ2n) is 4.65. The monoisotopic (exact) mass is 350 g/mol. The summed E-state index contributed by atoms with van der Waals surface area (Å²) in [5.41, 5.74) is 8.86. The number of benzene rings is 3. The Hall–Kier alpha value is -1.62. The second-order valence-corrected chi connectivity index (χ2v) is 7.10. The van der Waals surface area contributed by atoms with Crippen LogP contribution in [-0.2, 0) is 16.5 Å². The van der Waals surface area contributed by atoms with Crippen LogP contribution in [0.2, 0.25) is 0 Å². The Morgan fingerprint density at radius 3 is 1.45 bits per heavy atom. The van der Waals surface area contributed by atoms with Gasteiger partial charge < -0.3 is 13.2 Å². The van der Waals surface area contributed by atoms with E-state index in [-0.39, 0.29) is 23.9 Å². The van der Waals surface area contributed by atoms with Gasteiger partial charge in [0.1, 0.15) is 10.6 Å². The zero-order valence-corrected chi connectivity index (χ0v) is 14.4. The van der Waals surface area contributed by atoms with Gasteiger partial charge >= 0.3 is 16.5 Å². The van der Waals surface area contributed by atoms with E-state index in [0.717, 1.165) is 5.30 Å². The molecule has 0 atom stereocenters. The van der Waals surface area contributed by atoms with E-state index < -0.39 is 7.92 Å². The zero-order valence-electron chi connectivity index (χ0n) is 12.4. The summed E-state index contributed by atoms with van der Waals surface area (Å²) in [5, 5.41) is 3.79. The van der Waals surface area contributed by atoms with E-state index in [2.05, 4.69) is 54.6 Å². The predicted octanol–water partition coefficient (Wildman–Crippen LogP) is 4.31. The maximum Gasteiger partial charge on any atom is 2.00 e. The van der Waals surface area contributed by atoms with E-state index in [1.165, 1.54) is 10.6 Å². The first kappa shape index (κ1) is 18.4. The molecule has 1 N–H and O–H groups in total. The SMILES string of the molecule is [CH3-].[NH-]c1ccccc1[PH+](c1ccccc1)c1ccccc1.[Ni+2]. The largest absolute Gasteiger partial charge is 2.00 e. The van der Waals surface area contributed by atoms with Crippen LogP contribution >= 0.6 is 7.92 Å². The first-order valence-corrected chi connectivity index (χ1v) is 8.15. The molecular formula is C19H19NNiP+. The van der Waals surface area contributed by atoms with Gasteiger partial charge in [0.15, 0.2) is 0 Å². The van der Waals surface area contributed by atoms with Gasteiger partial charge in [-0.2, -0.15) is 0 Å². The summed E-state index contributed by atoms with van der Waals surface area (Å²) in [7, 11) is -1.09. The van der Waals surface area contributed by atoms with Crippen LogP contribution < -0.4 is 15.9 Å². The van der Waals surface area contributed by atoms with Crippen LogP contribution in [-0.4, -0.2) is 0 Å². The van der Waals surface area contributed by atoms with E-state index in [4.69, 9.17) is 5.73 Å². The summed E-state index contributed by atoms with van der Waals surface area (Å²) in [4.78, 5) is 0. The van der Waals surface area contributed by atoms with Crippen LogP contribution in [0.4, 0.5) is 5.69 Å². The standard InChI is InChI=1S/C18H15NP.CH3.Ni/c19-17-13-7-8-14-18(17)20(15-9-3-1-4-10-15)16-11-5-2-6-12-16;;/h1-14,19H;1H3;/q2*-1;+2/p+1. The van der Waals surface area contributed by atoms with Gasteiger partial charge in [0.25, 0.3) is 0 Å². The normalized spacial score (nSPS) is 9.68. The van der Waals surface area contributed by atoms with Gasteiger partial charge in [-0.1, -0.05) is 60.3 Å². The molecule has 3 rings (SSSR count). The summed E-state index contributed by atoms with van der Waals surface area (Å²) in [6.45, 7) is 0. The molecule has 0 radical (unpaired) electrons. The third-order valence-electron chi connectivity index (χ3n) is 3.32. The van der Waals surface area contributed by atoms with E-state index in [1.54, 1.807) is 0 Å². The minimum Gasteiger partial charge on any atom is -0.696 e. The average molecular weight is 351 g/mol. The number of hydrogen-bond donors (Lipinski definition) is 0. The van der Waals surface area contributed by atoms with Crippen LogP contribution in [0, 0.1) is 7.43 Å². The quantitative estimate of drug-likeness (QED) is 0.382. The number of rotatable bonds is 3. The van der Waals surface area contributed by atoms with Crippen LogP contribution in [0.1, 0.15) is 0 Å². The molecule has 0 amide bonds. The molecule has 0 unspecified atom stereocenters. The average Bonchev–Trinajstić information content (AvgIpc) is 2.52. The molecule has 0 aliphatic carbocycles. The molecule has 3 aromatic rings. The van der Waals surface area contributed by atoms with Crippen molar-refractivity contribution >= 4 is 29.5 Å². The molecule has 0 aromatic heterocycles. The Kier molecular flexibility index (Phi) is 7.32. The molecule has 0 saturated heterocycles. The van der Waals surface area contributed by atoms with Crippen molar-refractivity contribution in [1.29, 1.82) is 0 Å². The molecule has 114 valence electrons. The van der Waals surface area contributed by atoms with Gasteiger partial charge in [0, 0.05) is 0 Å². The fourth-order valence-corrected chi connectivity index (χ4v) is 5.01. The molecule has 1 nitrogen and oxygen atoms in total. The molecule has 0 saturated carbocycles. The van der Waals surface area contributed by atoms with Crippen molar-refractivity contribution in [1.82, 2.24) is 0 Å². The number of hydrogen-bond acceptors (Lipinski definition) is 0. The first-order chi connectivity index (χ1) is 9.86. The van der Waals surface area contributed by atoms with Gasteiger partial charge in [-0.3, -0.25) is 0 Å². The zero-order chi connectivity index (χ0) is 13.8. The molecule has 0 heterocycles. The van der Waals surface area contributed by atoms with E-state index >= 15 is 0 Å². The van der Waals surface area contributed by atoms with Crippen LogP contribution in [0.15, 0.2) is 84.9 Å². The van der Waals surface area contributed by atoms with Crippen molar-refractivity contribution in [2.45, 2.75) is 0 Å². The fraction of sp³-hybridized carbons (Fsp3) is 0. The van der Waals surface area contributed by atoms with Crippen molar-refractivity contribution in [3.05, 3.63) is 98.1 Å². The Morgan fingerprint density at radius 1 is 0.591 bits per heavy atom. The molecule has 0 spiro atoms. The Labute approximate surface area is 144 Å². The minimum absolute atomic E-state index is 0. The Morgan fingerprint density at radius 2 is 1.00 bits per heavy atom. The molecule has 0 aliphatic heterocycles. The summed E-state index contributed by atoms with van der Waals surface area (Å²) >= 11 is 0. The third-order valence-corrected chi connectivity index (χ3v) is 6.12. The van der Waals surface area contributed by atoms with Gasteiger partial charge in [-0.05, 0) is 30.3 Å². The smallest absolute Gasteiger partial charge is 0.696 e. The van der Waals surface area contributed by atoms with E-state index in [1.807, 2.05) is 30.3 Å². The maximum absolute atomic E-state index is 8.23. The molecule has 3 heteroatoms. The Bertz CT molecular complexity index is 647. The molecular weight excluding hydrogens is 332 g/mol. The van der Waals surface area contributed by atoms with Crippen LogP contribution in [0.5, 0.6) is 0 Å². The van der Waals surface area contributed by atoms with Gasteiger partial charge in [0.2, 0.25) is 0 Å². The van der Waals surface area contributed by atoms with Crippen LogP contribution in [0.25, 0.3) is 5.73 Å². The molecule has 0 fully saturated rings. The van der Waals surface area contributed by atoms with Crippen molar-refractivity contribution < 1.29 is 16.5 Å². The maximum atomic E-state index is 8.23. The number of nitrogens with one attached hydrogen (secondary N) is 1. The summed E-state index contributed by atoms with van der Waals surface area (Å²) in [6, 6.07) is 29.0. The van der Waals surface area contributed by atoms with Crippen molar-refractivity contribution in [2.75, 3.05) is 0 Å². The molecule has 0 aliphatic rings. The van der Waals surface area contributed by atoms with Crippen LogP contribution in [0.3, 0.4) is 0 Å². The fourth-order valence-electron chi connectivity index (χ4n) is 2.39. The summed E-state index contributed by atoms with van der Waals surface area (Å²) in [5.74, 6) is 0. The van der Waals surface area contributed by atoms with Gasteiger partial charge in [-0.25, -0.2) is 0 Å². The van der Waals surface area contributed by atoms with Crippen molar-refractivity contribution in [2.24, 2.45) is 0 Å². The summed E-state index contributed by atoms with van der Waals surface area (Å²) < 4.78 is 0. The van der Waals surface area contributed by atoms with E-state index in [9.17, 15) is 0 Å². The van der Waals surface area contributed by atoms with Crippen molar-refractivity contribution in [3.8, 4) is 0 Å². The predicted molar refractivity (Wildman–Crippen MR) is 96.9 cm³/mol.